The Hall–Kier alpha value is -2.01. The van der Waals surface area contributed by atoms with Crippen molar-refractivity contribution in [2.24, 2.45) is 10.9 Å². The molecule has 1 N–H and O–H groups in total. The minimum absolute atomic E-state index is 0.417. The highest BCUT2D eigenvalue weighted by molar-refractivity contribution is 6.31. The largest absolute Gasteiger partial charge is 0.352 e. The van der Waals surface area contributed by atoms with Crippen LogP contribution in [0.5, 0.6) is 0 Å². The zero-order chi connectivity index (χ0) is 16.9. The third kappa shape index (κ3) is 3.73. The van der Waals surface area contributed by atoms with Gasteiger partial charge >= 0.3 is 0 Å². The SMILES string of the molecule is CN=C(NCc1ccccc1Cl)N1CCC(C)C(n2ccnc2)C1. The molecule has 6 heteroatoms. The van der Waals surface area contributed by atoms with Crippen molar-refractivity contribution in [3.63, 3.8) is 0 Å². The second-order valence-corrected chi connectivity index (χ2v) is 6.69. The smallest absolute Gasteiger partial charge is 0.193 e. The molecule has 0 amide bonds. The first-order valence-corrected chi connectivity index (χ1v) is 8.73. The van der Waals surface area contributed by atoms with Crippen LogP contribution in [0.4, 0.5) is 0 Å². The fraction of sp³-hybridized carbons (Fsp3) is 0.444. The van der Waals surface area contributed by atoms with Gasteiger partial charge in [0.15, 0.2) is 5.96 Å². The molecule has 1 aliphatic rings. The van der Waals surface area contributed by atoms with Gasteiger partial charge in [-0.15, -0.1) is 0 Å². The molecule has 5 nitrogen and oxygen atoms in total. The van der Waals surface area contributed by atoms with E-state index in [4.69, 9.17) is 11.6 Å². The van der Waals surface area contributed by atoms with Gasteiger partial charge in [0.25, 0.3) is 0 Å². The van der Waals surface area contributed by atoms with Crippen LogP contribution in [0.25, 0.3) is 0 Å². The molecule has 3 rings (SSSR count). The molecule has 2 aromatic rings. The third-order valence-electron chi connectivity index (χ3n) is 4.73. The molecule has 1 aromatic heterocycles. The second-order valence-electron chi connectivity index (χ2n) is 6.28. The van der Waals surface area contributed by atoms with Crippen molar-refractivity contribution in [1.29, 1.82) is 0 Å². The van der Waals surface area contributed by atoms with Gasteiger partial charge in [-0.2, -0.15) is 0 Å². The standard InChI is InChI=1S/C18H24ClN5/c1-14-7-9-23(12-17(14)24-10-8-21-13-24)18(20-2)22-11-15-5-3-4-6-16(15)19/h3-6,8,10,13-14,17H,7,9,11-12H2,1-2H3,(H,20,22). The van der Waals surface area contributed by atoms with Crippen molar-refractivity contribution in [2.75, 3.05) is 20.1 Å². The average molecular weight is 346 g/mol. The summed E-state index contributed by atoms with van der Waals surface area (Å²) in [6, 6.07) is 8.32. The molecule has 0 bridgehead atoms. The highest BCUT2D eigenvalue weighted by atomic mass is 35.5. The Balaban J connectivity index is 1.66. The summed E-state index contributed by atoms with van der Waals surface area (Å²) in [6.45, 7) is 4.92. The first kappa shape index (κ1) is 16.8. The lowest BCUT2D eigenvalue weighted by Crippen LogP contribution is -2.48. The van der Waals surface area contributed by atoms with E-state index in [1.54, 1.807) is 0 Å². The summed E-state index contributed by atoms with van der Waals surface area (Å²) in [7, 11) is 1.83. The number of hydrogen-bond donors (Lipinski definition) is 1. The Bertz CT molecular complexity index is 682. The van der Waals surface area contributed by atoms with E-state index < -0.39 is 0 Å². The molecule has 128 valence electrons. The van der Waals surface area contributed by atoms with Gasteiger partial charge in [0.1, 0.15) is 0 Å². The zero-order valence-corrected chi connectivity index (χ0v) is 14.9. The Labute approximate surface area is 148 Å². The maximum absolute atomic E-state index is 6.24. The van der Waals surface area contributed by atoms with Crippen LogP contribution in [0.3, 0.4) is 0 Å². The summed E-state index contributed by atoms with van der Waals surface area (Å²) in [5.74, 6) is 1.55. The summed E-state index contributed by atoms with van der Waals surface area (Å²) >= 11 is 6.24. The first-order chi connectivity index (χ1) is 11.7. The fourth-order valence-electron chi connectivity index (χ4n) is 3.24. The highest BCUT2D eigenvalue weighted by Gasteiger charge is 2.28. The number of imidazole rings is 1. The van der Waals surface area contributed by atoms with Gasteiger partial charge in [0.05, 0.1) is 12.4 Å². The number of piperidine rings is 1. The number of aromatic nitrogens is 2. The van der Waals surface area contributed by atoms with Crippen LogP contribution in [-0.2, 0) is 6.54 Å². The van der Waals surface area contributed by atoms with Gasteiger partial charge in [-0.1, -0.05) is 36.7 Å². The lowest BCUT2D eigenvalue weighted by molar-refractivity contribution is 0.189. The molecule has 0 aliphatic carbocycles. The van der Waals surface area contributed by atoms with Crippen LogP contribution in [0, 0.1) is 5.92 Å². The van der Waals surface area contributed by atoms with Crippen molar-refractivity contribution in [1.82, 2.24) is 19.8 Å². The molecule has 0 spiro atoms. The van der Waals surface area contributed by atoms with E-state index in [0.717, 1.165) is 36.1 Å². The number of nitrogens with one attached hydrogen (secondary N) is 1. The van der Waals surface area contributed by atoms with Crippen LogP contribution >= 0.6 is 11.6 Å². The molecule has 2 heterocycles. The first-order valence-electron chi connectivity index (χ1n) is 8.35. The summed E-state index contributed by atoms with van der Waals surface area (Å²) in [6.07, 6.45) is 6.93. The van der Waals surface area contributed by atoms with Crippen LogP contribution < -0.4 is 5.32 Å². The van der Waals surface area contributed by atoms with Crippen LogP contribution in [0.2, 0.25) is 5.02 Å². The molecule has 2 unspecified atom stereocenters. The van der Waals surface area contributed by atoms with Gasteiger partial charge in [-0.3, -0.25) is 4.99 Å². The Morgan fingerprint density at radius 3 is 2.96 bits per heavy atom. The lowest BCUT2D eigenvalue weighted by atomic mass is 9.93. The number of rotatable bonds is 3. The van der Waals surface area contributed by atoms with E-state index in [2.05, 4.69) is 31.7 Å². The van der Waals surface area contributed by atoms with E-state index in [9.17, 15) is 0 Å². The lowest BCUT2D eigenvalue weighted by Gasteiger charge is -2.39. The molecule has 1 aromatic carbocycles. The summed E-state index contributed by atoms with van der Waals surface area (Å²) in [5, 5.41) is 4.23. The van der Waals surface area contributed by atoms with Gasteiger partial charge in [-0.05, 0) is 24.0 Å². The molecule has 1 saturated heterocycles. The fourth-order valence-corrected chi connectivity index (χ4v) is 3.45. The summed E-state index contributed by atoms with van der Waals surface area (Å²) < 4.78 is 2.21. The number of hydrogen-bond acceptors (Lipinski definition) is 2. The second kappa shape index (κ2) is 7.71. The van der Waals surface area contributed by atoms with Crippen molar-refractivity contribution in [2.45, 2.75) is 25.9 Å². The minimum Gasteiger partial charge on any atom is -0.352 e. The molecule has 1 aliphatic heterocycles. The van der Waals surface area contributed by atoms with Gasteiger partial charge in [0, 0.05) is 44.1 Å². The van der Waals surface area contributed by atoms with Crippen molar-refractivity contribution >= 4 is 17.6 Å². The Morgan fingerprint density at radius 2 is 2.25 bits per heavy atom. The van der Waals surface area contributed by atoms with Gasteiger partial charge in [-0.25, -0.2) is 4.98 Å². The Kier molecular flexibility index (Phi) is 5.41. The van der Waals surface area contributed by atoms with Gasteiger partial charge < -0.3 is 14.8 Å². The number of guanidine groups is 1. The Morgan fingerprint density at radius 1 is 1.42 bits per heavy atom. The molecular weight excluding hydrogens is 322 g/mol. The third-order valence-corrected chi connectivity index (χ3v) is 5.10. The van der Waals surface area contributed by atoms with E-state index in [0.29, 0.717) is 18.5 Å². The summed E-state index contributed by atoms with van der Waals surface area (Å²) in [4.78, 5) is 11.0. The molecule has 0 saturated carbocycles. The minimum atomic E-state index is 0.417. The van der Waals surface area contributed by atoms with Crippen LogP contribution in [0.15, 0.2) is 48.0 Å². The van der Waals surface area contributed by atoms with Crippen LogP contribution in [0.1, 0.15) is 24.9 Å². The zero-order valence-electron chi connectivity index (χ0n) is 14.2. The van der Waals surface area contributed by atoms with E-state index in [-0.39, 0.29) is 0 Å². The quantitative estimate of drug-likeness (QED) is 0.686. The number of benzene rings is 1. The summed E-state index contributed by atoms with van der Waals surface area (Å²) in [5.41, 5.74) is 1.08. The number of likely N-dealkylation sites (tertiary alicyclic amines) is 1. The number of aliphatic imine (C=N–C) groups is 1. The maximum Gasteiger partial charge on any atom is 0.193 e. The maximum atomic E-state index is 6.24. The van der Waals surface area contributed by atoms with E-state index >= 15 is 0 Å². The predicted molar refractivity (Wildman–Crippen MR) is 98.3 cm³/mol. The molecule has 1 fully saturated rings. The monoisotopic (exact) mass is 345 g/mol. The topological polar surface area (TPSA) is 45.5 Å². The predicted octanol–water partition coefficient (Wildman–Crippen LogP) is 3.20. The molecule has 2 atom stereocenters. The molecular formula is C18H24ClN5. The number of nitrogens with zero attached hydrogens (tertiary/aromatic N) is 4. The molecule has 24 heavy (non-hydrogen) atoms. The molecule has 0 radical (unpaired) electrons. The van der Waals surface area contributed by atoms with Crippen molar-refractivity contribution < 1.29 is 0 Å². The normalized spacial score (nSPS) is 21.8. The van der Waals surface area contributed by atoms with E-state index in [1.807, 2.05) is 50.0 Å². The van der Waals surface area contributed by atoms with Gasteiger partial charge in [0.2, 0.25) is 0 Å². The van der Waals surface area contributed by atoms with E-state index in [1.165, 1.54) is 0 Å². The highest BCUT2D eigenvalue weighted by Crippen LogP contribution is 2.27. The van der Waals surface area contributed by atoms with Crippen molar-refractivity contribution in [3.05, 3.63) is 53.6 Å². The van der Waals surface area contributed by atoms with Crippen molar-refractivity contribution in [3.8, 4) is 0 Å². The van der Waals surface area contributed by atoms with Crippen LogP contribution in [-0.4, -0.2) is 40.5 Å². The number of halogens is 1. The average Bonchev–Trinajstić information content (AvgIpc) is 3.12.